The second-order valence-corrected chi connectivity index (χ2v) is 8.16. The van der Waals surface area contributed by atoms with Gasteiger partial charge in [-0.05, 0) is 30.0 Å². The van der Waals surface area contributed by atoms with E-state index < -0.39 is 16.1 Å². The van der Waals surface area contributed by atoms with Crippen molar-refractivity contribution < 1.29 is 18.3 Å². The van der Waals surface area contributed by atoms with Crippen LogP contribution in [0.5, 0.6) is 0 Å². The molecule has 1 atom stereocenters. The van der Waals surface area contributed by atoms with E-state index in [2.05, 4.69) is 4.90 Å². The fraction of sp³-hybridized carbons (Fsp3) is 0.625. The van der Waals surface area contributed by atoms with Gasteiger partial charge in [-0.25, -0.2) is 8.42 Å². The first-order chi connectivity index (χ1) is 10.9. The number of nitrogens with zero attached hydrogens (tertiary/aromatic N) is 2. The molecule has 1 N–H and O–H groups in total. The molecule has 1 saturated heterocycles. The Kier molecular flexibility index (Phi) is 4.91. The minimum atomic E-state index is -3.25. The van der Waals surface area contributed by atoms with Crippen LogP contribution in [-0.2, 0) is 21.2 Å². The van der Waals surface area contributed by atoms with Gasteiger partial charge >= 0.3 is 0 Å². The summed E-state index contributed by atoms with van der Waals surface area (Å²) in [6.45, 7) is 4.20. The number of aliphatic hydroxyl groups is 1. The van der Waals surface area contributed by atoms with Crippen LogP contribution >= 0.6 is 0 Å². The Labute approximate surface area is 137 Å². The minimum absolute atomic E-state index is 0.529. The molecule has 6 nitrogen and oxygen atoms in total. The van der Waals surface area contributed by atoms with Gasteiger partial charge in [0.25, 0.3) is 0 Å². The van der Waals surface area contributed by atoms with Gasteiger partial charge in [0.15, 0.2) is 0 Å². The summed E-state index contributed by atoms with van der Waals surface area (Å²) in [5.74, 6) is 0. The highest BCUT2D eigenvalue weighted by molar-refractivity contribution is 7.92. The monoisotopic (exact) mass is 340 g/mol. The molecular weight excluding hydrogens is 316 g/mol. The number of benzene rings is 1. The van der Waals surface area contributed by atoms with Crippen molar-refractivity contribution in [3.05, 3.63) is 29.3 Å². The van der Waals surface area contributed by atoms with Crippen LogP contribution in [0, 0.1) is 0 Å². The largest absolute Gasteiger partial charge is 0.387 e. The lowest BCUT2D eigenvalue weighted by Gasteiger charge is -2.31. The Hall–Kier alpha value is -1.15. The summed E-state index contributed by atoms with van der Waals surface area (Å²) in [6.07, 6.45) is 2.33. The molecule has 0 spiro atoms. The van der Waals surface area contributed by atoms with E-state index in [0.717, 1.165) is 42.7 Å². The van der Waals surface area contributed by atoms with E-state index >= 15 is 0 Å². The highest BCUT2D eigenvalue weighted by Gasteiger charge is 2.25. The van der Waals surface area contributed by atoms with Gasteiger partial charge in [-0.15, -0.1) is 0 Å². The number of aliphatic hydroxyl groups excluding tert-OH is 1. The van der Waals surface area contributed by atoms with Crippen molar-refractivity contribution in [1.29, 1.82) is 0 Å². The van der Waals surface area contributed by atoms with Crippen molar-refractivity contribution in [2.45, 2.75) is 18.9 Å². The highest BCUT2D eigenvalue weighted by Crippen LogP contribution is 2.31. The van der Waals surface area contributed by atoms with Crippen LogP contribution in [0.2, 0.25) is 0 Å². The molecule has 2 aliphatic rings. The summed E-state index contributed by atoms with van der Waals surface area (Å²) in [5, 5.41) is 10.5. The number of fused-ring (bicyclic) bond motifs is 1. The van der Waals surface area contributed by atoms with Gasteiger partial charge in [0.1, 0.15) is 0 Å². The van der Waals surface area contributed by atoms with Crippen LogP contribution < -0.4 is 4.31 Å². The second kappa shape index (κ2) is 6.76. The lowest BCUT2D eigenvalue weighted by molar-refractivity contribution is 0.0143. The van der Waals surface area contributed by atoms with Crippen molar-refractivity contribution in [3.8, 4) is 0 Å². The van der Waals surface area contributed by atoms with E-state index in [1.165, 1.54) is 10.6 Å². The molecule has 2 heterocycles. The number of rotatable bonds is 4. The quantitative estimate of drug-likeness (QED) is 0.876. The number of hydrogen-bond donors (Lipinski definition) is 1. The lowest BCUT2D eigenvalue weighted by atomic mass is 9.98. The molecule has 0 bridgehead atoms. The van der Waals surface area contributed by atoms with Gasteiger partial charge in [0.2, 0.25) is 10.0 Å². The third-order valence-corrected chi connectivity index (χ3v) is 5.68. The van der Waals surface area contributed by atoms with Gasteiger partial charge in [0, 0.05) is 26.2 Å². The summed E-state index contributed by atoms with van der Waals surface area (Å²) in [7, 11) is -3.25. The van der Waals surface area contributed by atoms with E-state index in [-0.39, 0.29) is 0 Å². The number of hydrogen-bond acceptors (Lipinski definition) is 5. The summed E-state index contributed by atoms with van der Waals surface area (Å²) in [4.78, 5) is 2.19. The van der Waals surface area contributed by atoms with Crippen LogP contribution in [0.1, 0.15) is 23.7 Å². The predicted octanol–water partition coefficient (Wildman–Crippen LogP) is 0.764. The van der Waals surface area contributed by atoms with Crippen molar-refractivity contribution in [2.75, 3.05) is 50.0 Å². The average molecular weight is 340 g/mol. The number of aryl methyl sites for hydroxylation is 1. The van der Waals surface area contributed by atoms with Gasteiger partial charge in [-0.3, -0.25) is 9.21 Å². The molecule has 128 valence electrons. The number of anilines is 1. The molecule has 0 radical (unpaired) electrons. The van der Waals surface area contributed by atoms with E-state index in [4.69, 9.17) is 4.74 Å². The highest BCUT2D eigenvalue weighted by atomic mass is 32.2. The maximum absolute atomic E-state index is 11.9. The first-order valence-corrected chi connectivity index (χ1v) is 9.89. The molecule has 0 amide bonds. The summed E-state index contributed by atoms with van der Waals surface area (Å²) in [6, 6.07) is 5.62. The van der Waals surface area contributed by atoms with Crippen molar-refractivity contribution in [1.82, 2.24) is 4.90 Å². The molecule has 1 aromatic rings. The zero-order chi connectivity index (χ0) is 16.4. The fourth-order valence-corrected chi connectivity index (χ4v) is 4.26. The van der Waals surface area contributed by atoms with Crippen LogP contribution in [0.4, 0.5) is 5.69 Å². The second-order valence-electron chi connectivity index (χ2n) is 6.26. The van der Waals surface area contributed by atoms with Crippen LogP contribution in [0.25, 0.3) is 0 Å². The van der Waals surface area contributed by atoms with E-state index in [9.17, 15) is 13.5 Å². The van der Waals surface area contributed by atoms with E-state index in [0.29, 0.717) is 26.3 Å². The molecule has 1 fully saturated rings. The predicted molar refractivity (Wildman–Crippen MR) is 89.2 cm³/mol. The Bertz CT molecular complexity index is 656. The maximum Gasteiger partial charge on any atom is 0.232 e. The molecule has 0 unspecified atom stereocenters. The molecule has 0 saturated carbocycles. The molecule has 0 aromatic heterocycles. The average Bonchev–Trinajstić information content (AvgIpc) is 2.53. The first kappa shape index (κ1) is 16.7. The van der Waals surface area contributed by atoms with Crippen LogP contribution in [0.15, 0.2) is 18.2 Å². The Morgan fingerprint density at radius 1 is 1.26 bits per heavy atom. The Morgan fingerprint density at radius 3 is 2.70 bits per heavy atom. The third kappa shape index (κ3) is 3.85. The van der Waals surface area contributed by atoms with Crippen molar-refractivity contribution >= 4 is 15.7 Å². The zero-order valence-electron chi connectivity index (χ0n) is 13.4. The van der Waals surface area contributed by atoms with Gasteiger partial charge in [-0.2, -0.15) is 0 Å². The van der Waals surface area contributed by atoms with Gasteiger partial charge in [0.05, 0.1) is 31.3 Å². The van der Waals surface area contributed by atoms with E-state index in [1.54, 1.807) is 0 Å². The SMILES string of the molecule is CS(=O)(=O)N1CCCc2cc([C@H](O)CN3CCOCC3)ccc21. The molecule has 23 heavy (non-hydrogen) atoms. The molecule has 3 rings (SSSR count). The van der Waals surface area contributed by atoms with Crippen molar-refractivity contribution in [2.24, 2.45) is 0 Å². The van der Waals surface area contributed by atoms with Crippen molar-refractivity contribution in [3.63, 3.8) is 0 Å². The smallest absolute Gasteiger partial charge is 0.232 e. The van der Waals surface area contributed by atoms with Crippen LogP contribution in [0.3, 0.4) is 0 Å². The normalized spacial score (nSPS) is 21.0. The Morgan fingerprint density at radius 2 is 2.00 bits per heavy atom. The first-order valence-electron chi connectivity index (χ1n) is 8.04. The summed E-state index contributed by atoms with van der Waals surface area (Å²) in [5.41, 5.74) is 2.60. The van der Waals surface area contributed by atoms with Gasteiger partial charge < -0.3 is 9.84 Å². The lowest BCUT2D eigenvalue weighted by Crippen LogP contribution is -2.39. The number of β-amino-alcohol motifs (C(OH)–C–C–N with tert-alkyl or cyclic N) is 1. The van der Waals surface area contributed by atoms with Gasteiger partial charge in [-0.1, -0.05) is 12.1 Å². The topological polar surface area (TPSA) is 70.1 Å². The zero-order valence-corrected chi connectivity index (χ0v) is 14.3. The minimum Gasteiger partial charge on any atom is -0.387 e. The summed E-state index contributed by atoms with van der Waals surface area (Å²) < 4.78 is 30.6. The number of morpholine rings is 1. The number of ether oxygens (including phenoxy) is 1. The van der Waals surface area contributed by atoms with E-state index in [1.807, 2.05) is 18.2 Å². The molecule has 1 aromatic carbocycles. The number of sulfonamides is 1. The summed E-state index contributed by atoms with van der Waals surface area (Å²) >= 11 is 0. The van der Waals surface area contributed by atoms with Crippen LogP contribution in [-0.4, -0.2) is 64.1 Å². The standard InChI is InChI=1S/C16H24N2O4S/c1-23(20,21)18-6-2-3-13-11-14(4-5-15(13)18)16(19)12-17-7-9-22-10-8-17/h4-5,11,16,19H,2-3,6-10,12H2,1H3/t16-/m1/s1. The Balaban J connectivity index is 1.77. The molecule has 7 heteroatoms. The maximum atomic E-state index is 11.9. The molecule has 0 aliphatic carbocycles. The fourth-order valence-electron chi connectivity index (χ4n) is 3.27. The third-order valence-electron chi connectivity index (χ3n) is 4.50. The molecule has 2 aliphatic heterocycles. The molecular formula is C16H24N2O4S.